The van der Waals surface area contributed by atoms with Crippen LogP contribution in [0.1, 0.15) is 11.1 Å². The molecule has 0 atom stereocenters. The molecule has 0 saturated heterocycles. The third kappa shape index (κ3) is 1.88. The SMILES string of the molecule is Cc1cc(O)ccc1-c1[nH]c(=O)c2ccccc2c1C. The van der Waals surface area contributed by atoms with E-state index in [4.69, 9.17) is 0 Å². The number of hydrogen-bond acceptors (Lipinski definition) is 2. The van der Waals surface area contributed by atoms with Crippen LogP contribution in [0.4, 0.5) is 0 Å². The summed E-state index contributed by atoms with van der Waals surface area (Å²) in [7, 11) is 0. The molecule has 2 N–H and O–H groups in total. The van der Waals surface area contributed by atoms with Crippen molar-refractivity contribution in [3.05, 3.63) is 63.9 Å². The molecule has 20 heavy (non-hydrogen) atoms. The van der Waals surface area contributed by atoms with Gasteiger partial charge in [0.25, 0.3) is 5.56 Å². The number of rotatable bonds is 1. The van der Waals surface area contributed by atoms with Crippen molar-refractivity contribution in [2.75, 3.05) is 0 Å². The molecule has 100 valence electrons. The van der Waals surface area contributed by atoms with Gasteiger partial charge < -0.3 is 10.1 Å². The van der Waals surface area contributed by atoms with Gasteiger partial charge in [-0.2, -0.15) is 0 Å². The molecule has 0 radical (unpaired) electrons. The number of nitrogens with one attached hydrogen (secondary N) is 1. The second-order valence-electron chi connectivity index (χ2n) is 5.00. The van der Waals surface area contributed by atoms with Crippen molar-refractivity contribution in [3.63, 3.8) is 0 Å². The van der Waals surface area contributed by atoms with Crippen LogP contribution in [-0.2, 0) is 0 Å². The summed E-state index contributed by atoms with van der Waals surface area (Å²) < 4.78 is 0. The van der Waals surface area contributed by atoms with Gasteiger partial charge in [0.05, 0.1) is 5.69 Å². The minimum atomic E-state index is -0.0892. The molecule has 0 saturated carbocycles. The zero-order valence-corrected chi connectivity index (χ0v) is 11.4. The second-order valence-corrected chi connectivity index (χ2v) is 5.00. The molecule has 2 aromatic carbocycles. The average Bonchev–Trinajstić information content (AvgIpc) is 2.43. The van der Waals surface area contributed by atoms with E-state index in [1.54, 1.807) is 12.1 Å². The summed E-state index contributed by atoms with van der Waals surface area (Å²) in [5.41, 5.74) is 3.62. The van der Waals surface area contributed by atoms with Crippen molar-refractivity contribution in [1.29, 1.82) is 0 Å². The predicted molar refractivity (Wildman–Crippen MR) is 81.1 cm³/mol. The quantitative estimate of drug-likeness (QED) is 0.707. The van der Waals surface area contributed by atoms with Crippen molar-refractivity contribution in [2.24, 2.45) is 0 Å². The second kappa shape index (κ2) is 4.53. The molecule has 3 heteroatoms. The number of fused-ring (bicyclic) bond motifs is 1. The zero-order valence-electron chi connectivity index (χ0n) is 11.4. The lowest BCUT2D eigenvalue weighted by molar-refractivity contribution is 0.475. The first-order valence-electron chi connectivity index (χ1n) is 6.49. The van der Waals surface area contributed by atoms with Gasteiger partial charge >= 0.3 is 0 Å². The highest BCUT2D eigenvalue weighted by Crippen LogP contribution is 2.29. The van der Waals surface area contributed by atoms with Crippen LogP contribution in [0.15, 0.2) is 47.3 Å². The lowest BCUT2D eigenvalue weighted by atomic mass is 9.98. The maximum absolute atomic E-state index is 12.2. The molecule has 0 bridgehead atoms. The van der Waals surface area contributed by atoms with Gasteiger partial charge in [0.2, 0.25) is 0 Å². The minimum Gasteiger partial charge on any atom is -0.508 e. The highest BCUT2D eigenvalue weighted by Gasteiger charge is 2.11. The fourth-order valence-corrected chi connectivity index (χ4v) is 2.62. The van der Waals surface area contributed by atoms with E-state index in [1.165, 1.54) is 0 Å². The Labute approximate surface area is 116 Å². The van der Waals surface area contributed by atoms with Gasteiger partial charge in [0, 0.05) is 10.9 Å². The predicted octanol–water partition coefficient (Wildman–Crippen LogP) is 3.52. The number of aryl methyl sites for hydroxylation is 2. The van der Waals surface area contributed by atoms with Gasteiger partial charge in [-0.15, -0.1) is 0 Å². The highest BCUT2D eigenvalue weighted by molar-refractivity contribution is 5.89. The largest absolute Gasteiger partial charge is 0.508 e. The third-order valence-electron chi connectivity index (χ3n) is 3.67. The molecule has 0 spiro atoms. The van der Waals surface area contributed by atoms with Crippen LogP contribution >= 0.6 is 0 Å². The van der Waals surface area contributed by atoms with Crippen molar-refractivity contribution < 1.29 is 5.11 Å². The Morgan fingerprint density at radius 1 is 1.00 bits per heavy atom. The van der Waals surface area contributed by atoms with Crippen LogP contribution in [-0.4, -0.2) is 10.1 Å². The normalized spacial score (nSPS) is 10.9. The van der Waals surface area contributed by atoms with Gasteiger partial charge in [-0.1, -0.05) is 18.2 Å². The van der Waals surface area contributed by atoms with Crippen LogP contribution in [0.2, 0.25) is 0 Å². The van der Waals surface area contributed by atoms with Gasteiger partial charge in [-0.05, 0) is 54.6 Å². The van der Waals surface area contributed by atoms with Crippen LogP contribution in [0.5, 0.6) is 5.75 Å². The van der Waals surface area contributed by atoms with Crippen molar-refractivity contribution in [3.8, 4) is 17.0 Å². The van der Waals surface area contributed by atoms with E-state index in [9.17, 15) is 9.90 Å². The molecular weight excluding hydrogens is 250 g/mol. The molecule has 1 heterocycles. The highest BCUT2D eigenvalue weighted by atomic mass is 16.3. The third-order valence-corrected chi connectivity index (χ3v) is 3.67. The molecule has 1 aromatic heterocycles. The number of H-pyrrole nitrogens is 1. The fraction of sp³-hybridized carbons (Fsp3) is 0.118. The number of hydrogen-bond donors (Lipinski definition) is 2. The number of phenolic OH excluding ortho intramolecular Hbond substituents is 1. The standard InChI is InChI=1S/C17H15NO2/c1-10-9-12(19)7-8-13(10)16-11(2)14-5-3-4-6-15(14)17(20)18-16/h3-9,19H,1-2H3,(H,18,20). The fourth-order valence-electron chi connectivity index (χ4n) is 2.62. The topological polar surface area (TPSA) is 53.1 Å². The van der Waals surface area contributed by atoms with Crippen molar-refractivity contribution >= 4 is 10.8 Å². The smallest absolute Gasteiger partial charge is 0.256 e. The van der Waals surface area contributed by atoms with E-state index < -0.39 is 0 Å². The minimum absolute atomic E-state index is 0.0892. The molecule has 3 rings (SSSR count). The number of benzene rings is 2. The van der Waals surface area contributed by atoms with Gasteiger partial charge in [-0.25, -0.2) is 0 Å². The lowest BCUT2D eigenvalue weighted by Gasteiger charge is -2.12. The van der Waals surface area contributed by atoms with Crippen LogP contribution in [0, 0.1) is 13.8 Å². The number of aromatic hydroxyl groups is 1. The summed E-state index contributed by atoms with van der Waals surface area (Å²) in [6, 6.07) is 12.7. The summed E-state index contributed by atoms with van der Waals surface area (Å²) >= 11 is 0. The molecule has 0 aliphatic carbocycles. The zero-order chi connectivity index (χ0) is 14.3. The summed E-state index contributed by atoms with van der Waals surface area (Å²) in [5, 5.41) is 11.2. The van der Waals surface area contributed by atoms with Crippen LogP contribution < -0.4 is 5.56 Å². The van der Waals surface area contributed by atoms with Crippen molar-refractivity contribution in [2.45, 2.75) is 13.8 Å². The van der Waals surface area contributed by atoms with E-state index in [0.717, 1.165) is 27.8 Å². The molecule has 3 aromatic rings. The number of pyridine rings is 1. The molecule has 0 aliphatic rings. The van der Waals surface area contributed by atoms with E-state index in [-0.39, 0.29) is 11.3 Å². The monoisotopic (exact) mass is 265 g/mol. The summed E-state index contributed by atoms with van der Waals surface area (Å²) in [4.78, 5) is 15.2. The first kappa shape index (κ1) is 12.5. The molecule has 0 fully saturated rings. The van der Waals surface area contributed by atoms with E-state index in [1.807, 2.05) is 44.2 Å². The number of phenols is 1. The Bertz CT molecular complexity index is 862. The Kier molecular flexibility index (Phi) is 2.83. The Morgan fingerprint density at radius 3 is 2.40 bits per heavy atom. The molecule has 3 nitrogen and oxygen atoms in total. The molecule has 0 aliphatic heterocycles. The number of aromatic nitrogens is 1. The average molecular weight is 265 g/mol. The van der Waals surface area contributed by atoms with Gasteiger partial charge in [-0.3, -0.25) is 4.79 Å². The van der Waals surface area contributed by atoms with E-state index in [0.29, 0.717) is 5.39 Å². The molecule has 0 amide bonds. The maximum atomic E-state index is 12.2. The molecule has 0 unspecified atom stereocenters. The van der Waals surface area contributed by atoms with Crippen LogP contribution in [0.3, 0.4) is 0 Å². The summed E-state index contributed by atoms with van der Waals surface area (Å²) in [6.07, 6.45) is 0. The Hall–Kier alpha value is -2.55. The van der Waals surface area contributed by atoms with Gasteiger partial charge in [0.15, 0.2) is 0 Å². The molecular formula is C17H15NO2. The Morgan fingerprint density at radius 2 is 1.70 bits per heavy atom. The van der Waals surface area contributed by atoms with Crippen molar-refractivity contribution in [1.82, 2.24) is 4.98 Å². The Balaban J connectivity index is 2.37. The maximum Gasteiger partial charge on any atom is 0.256 e. The lowest BCUT2D eigenvalue weighted by Crippen LogP contribution is -2.09. The van der Waals surface area contributed by atoms with Crippen LogP contribution in [0.25, 0.3) is 22.0 Å². The van der Waals surface area contributed by atoms with Gasteiger partial charge in [0.1, 0.15) is 5.75 Å². The summed E-state index contributed by atoms with van der Waals surface area (Å²) in [5.74, 6) is 0.229. The number of aromatic amines is 1. The van der Waals surface area contributed by atoms with E-state index in [2.05, 4.69) is 4.98 Å². The summed E-state index contributed by atoms with van der Waals surface area (Å²) in [6.45, 7) is 3.92. The van der Waals surface area contributed by atoms with E-state index >= 15 is 0 Å². The first-order chi connectivity index (χ1) is 9.58. The first-order valence-corrected chi connectivity index (χ1v) is 6.49.